The molecule has 1 fully saturated rings. The Balaban J connectivity index is 2.09. The zero-order valence-electron chi connectivity index (χ0n) is 8.87. The number of hydrogen-bond donors (Lipinski definition) is 2. The van der Waals surface area contributed by atoms with Crippen molar-refractivity contribution in [1.29, 1.82) is 0 Å². The Morgan fingerprint density at radius 2 is 2.14 bits per heavy atom. The number of aliphatic hydroxyl groups excluding tert-OH is 1. The van der Waals surface area contributed by atoms with Gasteiger partial charge in [0, 0.05) is 13.1 Å². The van der Waals surface area contributed by atoms with Crippen LogP contribution in [0.25, 0.3) is 0 Å². The molecule has 3 nitrogen and oxygen atoms in total. The minimum atomic E-state index is -0.302. The fourth-order valence-electron chi connectivity index (χ4n) is 1.70. The van der Waals surface area contributed by atoms with E-state index in [1.54, 1.807) is 0 Å². The maximum absolute atomic E-state index is 9.68. The van der Waals surface area contributed by atoms with Crippen LogP contribution in [0.2, 0.25) is 0 Å². The van der Waals surface area contributed by atoms with Crippen LogP contribution in [0.4, 0.5) is 0 Å². The van der Waals surface area contributed by atoms with Gasteiger partial charge in [-0.1, -0.05) is 5.92 Å². The lowest BCUT2D eigenvalue weighted by atomic mass is 10.3. The van der Waals surface area contributed by atoms with E-state index in [1.807, 2.05) is 6.92 Å². The minimum absolute atomic E-state index is 0.0447. The molecule has 1 rings (SSSR count). The molecule has 2 atom stereocenters. The summed E-state index contributed by atoms with van der Waals surface area (Å²) in [4.78, 5) is 2.30. The van der Waals surface area contributed by atoms with Crippen LogP contribution in [0, 0.1) is 12.3 Å². The van der Waals surface area contributed by atoms with E-state index in [1.165, 1.54) is 12.8 Å². The van der Waals surface area contributed by atoms with Gasteiger partial charge < -0.3 is 15.3 Å². The van der Waals surface area contributed by atoms with Gasteiger partial charge in [0.25, 0.3) is 0 Å². The van der Waals surface area contributed by atoms with E-state index >= 15 is 0 Å². The van der Waals surface area contributed by atoms with E-state index in [0.717, 1.165) is 19.6 Å². The molecule has 80 valence electrons. The predicted octanol–water partition coefficient (Wildman–Crippen LogP) is 0.0544. The van der Waals surface area contributed by atoms with Crippen LogP contribution >= 0.6 is 0 Å². The smallest absolute Gasteiger partial charge is 0.0791 e. The molecular formula is C11H20N2O. The number of rotatable bonds is 5. The van der Waals surface area contributed by atoms with Gasteiger partial charge >= 0.3 is 0 Å². The molecular weight excluding hydrogens is 176 g/mol. The molecule has 0 radical (unpaired) electrons. The summed E-state index contributed by atoms with van der Waals surface area (Å²) in [5.41, 5.74) is 0. The summed E-state index contributed by atoms with van der Waals surface area (Å²) in [7, 11) is 0. The van der Waals surface area contributed by atoms with Gasteiger partial charge in [0.1, 0.15) is 0 Å². The summed E-state index contributed by atoms with van der Waals surface area (Å²) in [5.74, 6) is 2.58. The molecule has 0 aromatic rings. The molecule has 2 unspecified atom stereocenters. The van der Waals surface area contributed by atoms with Crippen molar-refractivity contribution in [2.75, 3.05) is 26.2 Å². The van der Waals surface area contributed by atoms with Crippen molar-refractivity contribution in [1.82, 2.24) is 10.2 Å². The highest BCUT2D eigenvalue weighted by molar-refractivity contribution is 4.95. The quantitative estimate of drug-likeness (QED) is 0.610. The van der Waals surface area contributed by atoms with Crippen LogP contribution < -0.4 is 5.32 Å². The van der Waals surface area contributed by atoms with Gasteiger partial charge in [0.05, 0.1) is 12.1 Å². The summed E-state index contributed by atoms with van der Waals surface area (Å²) in [6.07, 6.45) is 7.44. The largest absolute Gasteiger partial charge is 0.390 e. The van der Waals surface area contributed by atoms with E-state index in [4.69, 9.17) is 6.42 Å². The van der Waals surface area contributed by atoms with Crippen molar-refractivity contribution in [3.63, 3.8) is 0 Å². The van der Waals surface area contributed by atoms with Crippen LogP contribution in [0.15, 0.2) is 0 Å². The number of aliphatic hydroxyl groups is 1. The molecule has 1 heterocycles. The van der Waals surface area contributed by atoms with Gasteiger partial charge in [-0.3, -0.25) is 0 Å². The van der Waals surface area contributed by atoms with Gasteiger partial charge in [-0.15, -0.1) is 6.42 Å². The molecule has 3 heteroatoms. The summed E-state index contributed by atoms with van der Waals surface area (Å²) in [6.45, 7) is 5.53. The Bertz CT molecular complexity index is 194. The van der Waals surface area contributed by atoms with E-state index in [9.17, 15) is 5.11 Å². The molecule has 0 saturated carbocycles. The van der Waals surface area contributed by atoms with E-state index in [-0.39, 0.29) is 12.1 Å². The van der Waals surface area contributed by atoms with E-state index in [0.29, 0.717) is 6.54 Å². The molecule has 1 saturated heterocycles. The third-order valence-corrected chi connectivity index (χ3v) is 2.58. The number of nitrogens with one attached hydrogen (secondary N) is 1. The Hall–Kier alpha value is -0.560. The first-order valence-electron chi connectivity index (χ1n) is 5.32. The number of terminal acetylenes is 1. The normalized spacial score (nSPS) is 21.8. The molecule has 0 spiro atoms. The lowest BCUT2D eigenvalue weighted by Crippen LogP contribution is -2.39. The van der Waals surface area contributed by atoms with Crippen LogP contribution in [-0.2, 0) is 0 Å². The minimum Gasteiger partial charge on any atom is -0.390 e. The zero-order valence-corrected chi connectivity index (χ0v) is 8.87. The number of likely N-dealkylation sites (tertiary alicyclic amines) is 1. The maximum atomic E-state index is 9.68. The standard InChI is InChI=1S/C11H20N2O/c1-3-10(2)12-8-11(14)9-13-6-4-5-7-13/h1,10-12,14H,4-9H2,2H3. The Kier molecular flexibility index (Phi) is 4.95. The Morgan fingerprint density at radius 3 is 2.71 bits per heavy atom. The molecule has 0 bridgehead atoms. The number of nitrogens with zero attached hydrogens (tertiary/aromatic N) is 1. The molecule has 14 heavy (non-hydrogen) atoms. The fraction of sp³-hybridized carbons (Fsp3) is 0.818. The van der Waals surface area contributed by atoms with Crippen LogP contribution in [0.5, 0.6) is 0 Å². The van der Waals surface area contributed by atoms with Crippen LogP contribution in [-0.4, -0.2) is 48.3 Å². The molecule has 0 aliphatic carbocycles. The van der Waals surface area contributed by atoms with Crippen molar-refractivity contribution in [3.05, 3.63) is 0 Å². The average Bonchev–Trinajstić information content (AvgIpc) is 2.66. The summed E-state index contributed by atoms with van der Waals surface area (Å²) >= 11 is 0. The second-order valence-corrected chi connectivity index (χ2v) is 3.96. The van der Waals surface area contributed by atoms with Crippen molar-refractivity contribution in [2.45, 2.75) is 31.9 Å². The summed E-state index contributed by atoms with van der Waals surface area (Å²) in [5, 5.41) is 12.8. The predicted molar refractivity (Wildman–Crippen MR) is 58.0 cm³/mol. The second-order valence-electron chi connectivity index (χ2n) is 3.96. The molecule has 0 aromatic carbocycles. The van der Waals surface area contributed by atoms with E-state index in [2.05, 4.69) is 16.1 Å². The van der Waals surface area contributed by atoms with Crippen molar-refractivity contribution in [2.24, 2.45) is 0 Å². The van der Waals surface area contributed by atoms with Crippen LogP contribution in [0.1, 0.15) is 19.8 Å². The van der Waals surface area contributed by atoms with E-state index < -0.39 is 0 Å². The second kappa shape index (κ2) is 6.02. The Morgan fingerprint density at radius 1 is 1.50 bits per heavy atom. The SMILES string of the molecule is C#CC(C)NCC(O)CN1CCCC1. The highest BCUT2D eigenvalue weighted by atomic mass is 16.3. The van der Waals surface area contributed by atoms with Gasteiger partial charge in [0.15, 0.2) is 0 Å². The number of β-amino-alcohol motifs (C(OH)–C–C–N with tert-alkyl or cyclic N) is 1. The fourth-order valence-corrected chi connectivity index (χ4v) is 1.70. The zero-order chi connectivity index (χ0) is 10.4. The monoisotopic (exact) mass is 196 g/mol. The first-order chi connectivity index (χ1) is 6.72. The van der Waals surface area contributed by atoms with Crippen molar-refractivity contribution in [3.8, 4) is 12.3 Å². The topological polar surface area (TPSA) is 35.5 Å². The lowest BCUT2D eigenvalue weighted by molar-refractivity contribution is 0.122. The van der Waals surface area contributed by atoms with Crippen LogP contribution in [0.3, 0.4) is 0 Å². The van der Waals surface area contributed by atoms with Crippen molar-refractivity contribution >= 4 is 0 Å². The number of hydrogen-bond acceptors (Lipinski definition) is 3. The lowest BCUT2D eigenvalue weighted by Gasteiger charge is -2.20. The molecule has 0 aromatic heterocycles. The molecule has 2 N–H and O–H groups in total. The highest BCUT2D eigenvalue weighted by Gasteiger charge is 2.15. The molecule has 1 aliphatic rings. The maximum Gasteiger partial charge on any atom is 0.0791 e. The third kappa shape index (κ3) is 4.10. The average molecular weight is 196 g/mol. The highest BCUT2D eigenvalue weighted by Crippen LogP contribution is 2.07. The molecule has 1 aliphatic heterocycles. The van der Waals surface area contributed by atoms with Gasteiger partial charge in [-0.2, -0.15) is 0 Å². The summed E-state index contributed by atoms with van der Waals surface area (Å²) in [6, 6.07) is 0.0447. The van der Waals surface area contributed by atoms with Gasteiger partial charge in [0.2, 0.25) is 0 Å². The Labute approximate surface area is 86.5 Å². The first-order valence-corrected chi connectivity index (χ1v) is 5.32. The summed E-state index contributed by atoms with van der Waals surface area (Å²) < 4.78 is 0. The first kappa shape index (κ1) is 11.5. The van der Waals surface area contributed by atoms with Gasteiger partial charge in [-0.05, 0) is 32.9 Å². The third-order valence-electron chi connectivity index (χ3n) is 2.58. The van der Waals surface area contributed by atoms with Gasteiger partial charge in [-0.25, -0.2) is 0 Å². The molecule has 0 amide bonds. The van der Waals surface area contributed by atoms with Crippen molar-refractivity contribution < 1.29 is 5.11 Å².